The first kappa shape index (κ1) is 30.0. The summed E-state index contributed by atoms with van der Waals surface area (Å²) in [5.41, 5.74) is 1.94. The second-order valence-corrected chi connectivity index (χ2v) is 11.9. The zero-order chi connectivity index (χ0) is 29.7. The van der Waals surface area contributed by atoms with E-state index in [0.717, 1.165) is 56.9 Å². The molecular formula is C33H41N3O6. The van der Waals surface area contributed by atoms with E-state index >= 15 is 0 Å². The average molecular weight is 576 g/mol. The fourth-order valence-electron chi connectivity index (χ4n) is 5.35. The van der Waals surface area contributed by atoms with Gasteiger partial charge in [-0.3, -0.25) is 19.4 Å². The van der Waals surface area contributed by atoms with Crippen molar-refractivity contribution in [2.45, 2.75) is 32.7 Å². The Hall–Kier alpha value is -3.50. The Balaban J connectivity index is 1.35. The third-order valence-electron chi connectivity index (χ3n) is 7.90. The first-order valence-electron chi connectivity index (χ1n) is 14.7. The van der Waals surface area contributed by atoms with Crippen LogP contribution in [0, 0.1) is 0 Å². The Morgan fingerprint density at radius 3 is 2.21 bits per heavy atom. The van der Waals surface area contributed by atoms with Gasteiger partial charge in [0.05, 0.1) is 32.1 Å². The number of rotatable bonds is 9. The number of benzene rings is 3. The highest BCUT2D eigenvalue weighted by atomic mass is 16.5. The van der Waals surface area contributed by atoms with Crippen LogP contribution in [-0.4, -0.2) is 92.4 Å². The van der Waals surface area contributed by atoms with Crippen LogP contribution in [0.4, 0.5) is 5.69 Å². The summed E-state index contributed by atoms with van der Waals surface area (Å²) >= 11 is 0. The van der Waals surface area contributed by atoms with E-state index in [2.05, 4.69) is 35.9 Å². The maximum Gasteiger partial charge on any atom is 0.296 e. The van der Waals surface area contributed by atoms with Crippen LogP contribution in [0.3, 0.4) is 0 Å². The van der Waals surface area contributed by atoms with Gasteiger partial charge in [0, 0.05) is 55.8 Å². The third-order valence-corrected chi connectivity index (χ3v) is 7.90. The van der Waals surface area contributed by atoms with Crippen LogP contribution in [0.5, 0.6) is 11.5 Å². The lowest BCUT2D eigenvalue weighted by Crippen LogP contribution is -2.38. The number of Topliss-reactive ketones (excluding diaryl/α,β-unsaturated/α-hetero) is 1. The molecule has 0 bridgehead atoms. The second-order valence-electron chi connectivity index (χ2n) is 11.9. The highest BCUT2D eigenvalue weighted by molar-refractivity contribution is 6.48. The van der Waals surface area contributed by atoms with E-state index in [1.54, 1.807) is 18.2 Å². The van der Waals surface area contributed by atoms with Crippen molar-refractivity contribution >= 4 is 28.2 Å². The molecule has 0 saturated carbocycles. The van der Waals surface area contributed by atoms with E-state index in [4.69, 9.17) is 14.2 Å². The van der Waals surface area contributed by atoms with Gasteiger partial charge in [-0.05, 0) is 34.6 Å². The number of fused-ring (bicyclic) bond motifs is 1. The maximum atomic E-state index is 13.5. The van der Waals surface area contributed by atoms with Gasteiger partial charge in [0.2, 0.25) is 0 Å². The summed E-state index contributed by atoms with van der Waals surface area (Å²) in [6, 6.07) is 14.6. The summed E-state index contributed by atoms with van der Waals surface area (Å²) in [5.74, 6) is -0.843. The van der Waals surface area contributed by atoms with Gasteiger partial charge >= 0.3 is 0 Å². The van der Waals surface area contributed by atoms with Gasteiger partial charge in [-0.15, -0.1) is 0 Å². The molecule has 2 aliphatic rings. The molecule has 2 fully saturated rings. The van der Waals surface area contributed by atoms with Crippen molar-refractivity contribution in [2.75, 3.05) is 71.1 Å². The summed E-state index contributed by atoms with van der Waals surface area (Å²) in [5, 5.41) is 15.3. The van der Waals surface area contributed by atoms with Crippen LogP contribution in [0.15, 0.2) is 48.5 Å². The number of carbonyl (C=O) groups excluding carboxylic acids is 2. The lowest BCUT2D eigenvalue weighted by Gasteiger charge is -2.28. The van der Waals surface area contributed by atoms with E-state index in [-0.39, 0.29) is 22.4 Å². The van der Waals surface area contributed by atoms with Crippen LogP contribution < -0.4 is 10.1 Å². The standard InChI is InChI=1S/C33H41N3O6/c1-33(2,3)24-20-23(22-36-12-17-41-18-13-36)30(37)28(21-24)34-32(39)31(38)27-8-9-29(26-7-5-4-6-25(26)27)42-19-14-35-10-15-40-16-11-35/h4-9,20-21,37H,10-19,22H2,1-3H3,(H,34,39). The number of hydrogen-bond donors (Lipinski definition) is 2. The van der Waals surface area contributed by atoms with Gasteiger partial charge < -0.3 is 24.6 Å². The first-order valence-corrected chi connectivity index (χ1v) is 14.7. The minimum Gasteiger partial charge on any atom is -0.505 e. The molecule has 2 heterocycles. The molecule has 0 aromatic heterocycles. The molecule has 3 aromatic rings. The Morgan fingerprint density at radius 1 is 0.905 bits per heavy atom. The van der Waals surface area contributed by atoms with Crippen molar-refractivity contribution in [1.29, 1.82) is 0 Å². The summed E-state index contributed by atoms with van der Waals surface area (Å²) in [6.07, 6.45) is 0. The van der Waals surface area contributed by atoms with E-state index < -0.39 is 11.7 Å². The van der Waals surface area contributed by atoms with Crippen LogP contribution in [-0.2, 0) is 26.2 Å². The lowest BCUT2D eigenvalue weighted by atomic mass is 9.85. The zero-order valence-electron chi connectivity index (χ0n) is 24.8. The molecular weight excluding hydrogens is 534 g/mol. The smallest absolute Gasteiger partial charge is 0.296 e. The molecule has 0 atom stereocenters. The minimum absolute atomic E-state index is 0.0236. The summed E-state index contributed by atoms with van der Waals surface area (Å²) < 4.78 is 17.0. The number of phenolic OH excluding ortho intramolecular Hbond substituents is 1. The molecule has 9 heteroatoms. The third kappa shape index (κ3) is 7.10. The molecule has 3 aromatic carbocycles. The number of anilines is 1. The molecule has 2 aliphatic heterocycles. The van der Waals surface area contributed by atoms with Crippen LogP contribution in [0.1, 0.15) is 42.3 Å². The lowest BCUT2D eigenvalue weighted by molar-refractivity contribution is -0.112. The predicted octanol–water partition coefficient (Wildman–Crippen LogP) is 4.21. The van der Waals surface area contributed by atoms with Crippen LogP contribution in [0.2, 0.25) is 0 Å². The van der Waals surface area contributed by atoms with Crippen molar-refractivity contribution in [3.8, 4) is 11.5 Å². The largest absolute Gasteiger partial charge is 0.505 e. The number of hydrogen-bond acceptors (Lipinski definition) is 8. The molecule has 5 rings (SSSR count). The van der Waals surface area contributed by atoms with Crippen LogP contribution in [0.25, 0.3) is 10.8 Å². The summed E-state index contributed by atoms with van der Waals surface area (Å²) in [6.45, 7) is 14.1. The average Bonchev–Trinajstić information content (AvgIpc) is 2.99. The minimum atomic E-state index is -0.806. The van der Waals surface area contributed by atoms with Gasteiger partial charge in [0.1, 0.15) is 18.1 Å². The molecule has 0 unspecified atom stereocenters. The number of aromatic hydroxyl groups is 1. The number of nitrogens with zero attached hydrogens (tertiary/aromatic N) is 2. The highest BCUT2D eigenvalue weighted by Gasteiger charge is 2.25. The SMILES string of the molecule is CC(C)(C)c1cc(CN2CCOCC2)c(O)c(NC(=O)C(=O)c2ccc(OCCN3CCOCC3)c3ccccc23)c1. The van der Waals surface area contributed by atoms with Crippen molar-refractivity contribution in [3.05, 3.63) is 65.2 Å². The maximum absolute atomic E-state index is 13.5. The number of morpholine rings is 2. The Bertz CT molecular complexity index is 1420. The molecule has 1 amide bonds. The summed E-state index contributed by atoms with van der Waals surface area (Å²) in [7, 11) is 0. The van der Waals surface area contributed by atoms with Gasteiger partial charge in [-0.2, -0.15) is 0 Å². The van der Waals surface area contributed by atoms with Gasteiger partial charge in [-0.25, -0.2) is 0 Å². The highest BCUT2D eigenvalue weighted by Crippen LogP contribution is 2.36. The van der Waals surface area contributed by atoms with E-state index in [1.807, 2.05) is 30.3 Å². The molecule has 0 aliphatic carbocycles. The number of phenols is 1. The Morgan fingerprint density at radius 2 is 1.55 bits per heavy atom. The topological polar surface area (TPSA) is 101 Å². The fraction of sp³-hybridized carbons (Fsp3) is 0.455. The van der Waals surface area contributed by atoms with Crippen molar-refractivity contribution in [1.82, 2.24) is 9.80 Å². The summed E-state index contributed by atoms with van der Waals surface area (Å²) in [4.78, 5) is 31.4. The van der Waals surface area contributed by atoms with Crippen molar-refractivity contribution in [3.63, 3.8) is 0 Å². The Kier molecular flexibility index (Phi) is 9.43. The van der Waals surface area contributed by atoms with Crippen LogP contribution >= 0.6 is 0 Å². The zero-order valence-corrected chi connectivity index (χ0v) is 24.8. The Labute approximate surface area is 247 Å². The molecule has 0 spiro atoms. The number of carbonyl (C=O) groups is 2. The molecule has 2 N–H and O–H groups in total. The molecule has 2 saturated heterocycles. The fourth-order valence-corrected chi connectivity index (χ4v) is 5.35. The van der Waals surface area contributed by atoms with Gasteiger partial charge in [0.25, 0.3) is 11.7 Å². The van der Waals surface area contributed by atoms with E-state index in [9.17, 15) is 14.7 Å². The van der Waals surface area contributed by atoms with E-state index in [1.165, 1.54) is 0 Å². The quantitative estimate of drug-likeness (QED) is 0.222. The van der Waals surface area contributed by atoms with Crippen molar-refractivity contribution < 1.29 is 28.9 Å². The number of nitrogens with one attached hydrogen (secondary N) is 1. The second kappa shape index (κ2) is 13.2. The number of ketones is 1. The normalized spacial score (nSPS) is 16.8. The first-order chi connectivity index (χ1) is 20.2. The predicted molar refractivity (Wildman–Crippen MR) is 163 cm³/mol. The molecule has 224 valence electrons. The monoisotopic (exact) mass is 575 g/mol. The number of ether oxygens (including phenoxy) is 3. The molecule has 42 heavy (non-hydrogen) atoms. The van der Waals surface area contributed by atoms with E-state index in [0.29, 0.717) is 43.1 Å². The molecule has 9 nitrogen and oxygen atoms in total. The van der Waals surface area contributed by atoms with Gasteiger partial charge in [-0.1, -0.05) is 51.1 Å². The molecule has 0 radical (unpaired) electrons. The van der Waals surface area contributed by atoms with Crippen molar-refractivity contribution in [2.24, 2.45) is 0 Å². The number of amides is 1. The van der Waals surface area contributed by atoms with Gasteiger partial charge in [0.15, 0.2) is 0 Å².